The summed E-state index contributed by atoms with van der Waals surface area (Å²) in [7, 11) is -3.51. The maximum atomic E-state index is 13.8. The average molecular weight is 704 g/mol. The summed E-state index contributed by atoms with van der Waals surface area (Å²) < 4.78 is 27.5. The minimum atomic E-state index is -3.51. The van der Waals surface area contributed by atoms with Crippen molar-refractivity contribution in [3.8, 4) is 5.75 Å². The van der Waals surface area contributed by atoms with Gasteiger partial charge in [0.25, 0.3) is 0 Å². The van der Waals surface area contributed by atoms with Gasteiger partial charge < -0.3 is 24.9 Å². The van der Waals surface area contributed by atoms with Gasteiger partial charge in [-0.25, -0.2) is 20.0 Å². The lowest BCUT2D eigenvalue weighted by molar-refractivity contribution is -0.121. The number of benzene rings is 1. The number of allylic oxidation sites excluding steroid dienone is 2. The number of anilines is 1. The van der Waals surface area contributed by atoms with Crippen molar-refractivity contribution in [1.29, 1.82) is 0 Å². The van der Waals surface area contributed by atoms with Crippen LogP contribution in [0.5, 0.6) is 5.75 Å². The highest BCUT2D eigenvalue weighted by molar-refractivity contribution is 7.57. The van der Waals surface area contributed by atoms with Gasteiger partial charge in [0.15, 0.2) is 11.5 Å². The number of rotatable bonds is 26. The number of nitrogens with one attached hydrogen (secondary N) is 2. The van der Waals surface area contributed by atoms with E-state index in [2.05, 4.69) is 44.4 Å². The van der Waals surface area contributed by atoms with Crippen molar-refractivity contribution in [2.24, 2.45) is 0 Å². The second-order valence-corrected chi connectivity index (χ2v) is 14.8. The van der Waals surface area contributed by atoms with Crippen LogP contribution in [0.15, 0.2) is 49.1 Å². The Bertz CT molecular complexity index is 1420. The number of carbonyl (C=O) groups excluding carboxylic acids is 1. The Morgan fingerprint density at radius 1 is 0.958 bits per heavy atom. The molecule has 0 aliphatic rings. The lowest BCUT2D eigenvalue weighted by Gasteiger charge is -2.23. The normalized spacial score (nSPS) is 13.6. The van der Waals surface area contributed by atoms with Crippen molar-refractivity contribution in [3.05, 3.63) is 54.1 Å². The van der Waals surface area contributed by atoms with E-state index in [-0.39, 0.29) is 24.9 Å². The first-order valence-corrected chi connectivity index (χ1v) is 19.7. The van der Waals surface area contributed by atoms with Crippen molar-refractivity contribution in [3.63, 3.8) is 0 Å². The van der Waals surface area contributed by atoms with E-state index in [0.29, 0.717) is 47.3 Å². The van der Waals surface area contributed by atoms with Gasteiger partial charge in [-0.15, -0.1) is 0 Å². The van der Waals surface area contributed by atoms with Gasteiger partial charge >= 0.3 is 7.52 Å². The molecule has 0 aliphatic heterocycles. The van der Waals surface area contributed by atoms with Crippen LogP contribution in [0.1, 0.15) is 104 Å². The van der Waals surface area contributed by atoms with Gasteiger partial charge in [0.05, 0.1) is 19.0 Å². The van der Waals surface area contributed by atoms with Gasteiger partial charge in [0.2, 0.25) is 5.91 Å². The van der Waals surface area contributed by atoms with Crippen LogP contribution >= 0.6 is 19.1 Å². The smallest absolute Gasteiger partial charge is 0.341 e. The van der Waals surface area contributed by atoms with Crippen molar-refractivity contribution >= 4 is 42.0 Å². The summed E-state index contributed by atoms with van der Waals surface area (Å²) in [6, 6.07) is 6.63. The second kappa shape index (κ2) is 22.6. The van der Waals surface area contributed by atoms with E-state index in [9.17, 15) is 9.36 Å². The number of imidazole rings is 1. The number of carbonyl (C=O) groups is 1. The van der Waals surface area contributed by atoms with E-state index in [1.54, 1.807) is 30.6 Å². The van der Waals surface area contributed by atoms with Crippen LogP contribution in [0.4, 0.5) is 5.82 Å². The highest BCUT2D eigenvalue weighted by atomic mass is 35.5. The molecule has 0 bridgehead atoms. The minimum Gasteiger partial charge on any atom is -0.431 e. The molecule has 3 rings (SSSR count). The molecule has 48 heavy (non-hydrogen) atoms. The molecule has 4 N–H and O–H groups in total. The van der Waals surface area contributed by atoms with Gasteiger partial charge in [-0.2, -0.15) is 0 Å². The molecule has 13 heteroatoms. The third kappa shape index (κ3) is 15.5. The summed E-state index contributed by atoms with van der Waals surface area (Å²) >= 11 is 6.01. The molecule has 1 aromatic carbocycles. The molecule has 1 amide bonds. The van der Waals surface area contributed by atoms with Gasteiger partial charge in [-0.3, -0.25) is 9.36 Å². The summed E-state index contributed by atoms with van der Waals surface area (Å²) in [5, 5.41) is 6.44. The highest BCUT2D eigenvalue weighted by Gasteiger charge is 2.26. The molecular formula is C35H55ClN7O4P. The molecule has 266 valence electrons. The van der Waals surface area contributed by atoms with E-state index in [4.69, 9.17) is 26.6 Å². The maximum Gasteiger partial charge on any atom is 0.341 e. The number of aromatic nitrogens is 4. The molecule has 1 unspecified atom stereocenters. The van der Waals surface area contributed by atoms with E-state index >= 15 is 0 Å². The second-order valence-electron chi connectivity index (χ2n) is 12.2. The van der Waals surface area contributed by atoms with Crippen molar-refractivity contribution in [2.45, 2.75) is 116 Å². The highest BCUT2D eigenvalue weighted by Crippen LogP contribution is 2.43. The molecule has 0 saturated heterocycles. The molecule has 3 aromatic rings. The van der Waals surface area contributed by atoms with E-state index in [1.807, 2.05) is 11.5 Å². The number of halogens is 1. The van der Waals surface area contributed by atoms with Gasteiger partial charge in [0.1, 0.15) is 23.9 Å². The van der Waals surface area contributed by atoms with Crippen LogP contribution in [0.3, 0.4) is 0 Å². The molecule has 0 fully saturated rings. The first-order valence-electron chi connectivity index (χ1n) is 17.5. The lowest BCUT2D eigenvalue weighted by atomic mass is 10.1. The fourth-order valence-corrected chi connectivity index (χ4v) is 6.93. The van der Waals surface area contributed by atoms with Crippen LogP contribution in [0, 0.1) is 0 Å². The van der Waals surface area contributed by atoms with Gasteiger partial charge in [-0.1, -0.05) is 82.0 Å². The Morgan fingerprint density at radius 2 is 1.62 bits per heavy atom. The zero-order valence-electron chi connectivity index (χ0n) is 28.7. The summed E-state index contributed by atoms with van der Waals surface area (Å²) in [6.07, 6.45) is 23.5. The van der Waals surface area contributed by atoms with Gasteiger partial charge in [-0.05, 0) is 63.3 Å². The molecule has 2 atom stereocenters. The summed E-state index contributed by atoms with van der Waals surface area (Å²) in [6.45, 7) is 5.09. The summed E-state index contributed by atoms with van der Waals surface area (Å²) in [4.78, 5) is 24.9. The Kier molecular flexibility index (Phi) is 18.6. The van der Waals surface area contributed by atoms with Crippen LogP contribution in [0.2, 0.25) is 5.02 Å². The molecule has 2 aromatic heterocycles. The zero-order valence-corrected chi connectivity index (χ0v) is 30.4. The Labute approximate surface area is 291 Å². The molecule has 0 spiro atoms. The number of nitrogens with zero attached hydrogens (tertiary/aromatic N) is 4. The van der Waals surface area contributed by atoms with Crippen LogP contribution < -0.4 is 20.7 Å². The fourth-order valence-electron chi connectivity index (χ4n) is 5.23. The predicted molar refractivity (Wildman–Crippen MR) is 195 cm³/mol. The number of ether oxygens (including phenoxy) is 1. The first kappa shape index (κ1) is 39.5. The van der Waals surface area contributed by atoms with Crippen LogP contribution in [-0.2, 0) is 20.6 Å². The average Bonchev–Trinajstić information content (AvgIpc) is 3.49. The van der Waals surface area contributed by atoms with Crippen molar-refractivity contribution < 1.29 is 18.6 Å². The molecule has 0 saturated carbocycles. The maximum absolute atomic E-state index is 13.8. The number of unbranched alkanes of at least 4 members (excludes halogenated alkanes) is 11. The fraction of sp³-hybridized carbons (Fsp3) is 0.600. The summed E-state index contributed by atoms with van der Waals surface area (Å²) in [5.41, 5.74) is 7.00. The number of nitrogens with two attached hydrogens (primary N) is 1. The standard InChI is InChI=1S/C35H55ClN7O4P/c1-3-4-5-6-7-8-9-10-11-12-13-14-15-16-17-18-32(44)38-23-24-42-48(45,47-31-21-19-30(36)20-22-31)28-46-29(2)25-43-27-41-33-34(37)39-26-40-35(33)43/h10-11,19-22,26-27,29H,3-9,12-18,23-25,28H2,1-2H3,(H,38,44)(H,42,45)(H2,37,39,40)/t29-,48?/m1/s1. The Balaban J connectivity index is 1.31. The zero-order chi connectivity index (χ0) is 34.5. The van der Waals surface area contributed by atoms with Crippen LogP contribution in [-0.4, -0.2) is 51.0 Å². The topological polar surface area (TPSA) is 146 Å². The van der Waals surface area contributed by atoms with E-state index < -0.39 is 7.52 Å². The molecular weight excluding hydrogens is 649 g/mol. The quantitative estimate of drug-likeness (QED) is 0.0426. The molecule has 0 radical (unpaired) electrons. The lowest BCUT2D eigenvalue weighted by Crippen LogP contribution is -2.32. The molecule has 2 heterocycles. The predicted octanol–water partition coefficient (Wildman–Crippen LogP) is 8.44. The summed E-state index contributed by atoms with van der Waals surface area (Å²) in [5.74, 6) is 0.689. The van der Waals surface area contributed by atoms with Crippen molar-refractivity contribution in [1.82, 2.24) is 29.9 Å². The third-order valence-corrected chi connectivity index (χ3v) is 9.90. The SMILES string of the molecule is CCCCCCCCC=CCCCCCCCC(=O)NCCNP(=O)(CO[C@H](C)Cn1cnc2c(N)ncnc21)Oc1ccc(Cl)cc1. The third-order valence-electron chi connectivity index (χ3n) is 7.94. The number of nitrogen functional groups attached to an aromatic ring is 1. The first-order chi connectivity index (χ1) is 23.3. The van der Waals surface area contributed by atoms with Crippen LogP contribution in [0.25, 0.3) is 11.2 Å². The Morgan fingerprint density at radius 3 is 2.33 bits per heavy atom. The van der Waals surface area contributed by atoms with Crippen molar-refractivity contribution in [2.75, 3.05) is 25.2 Å². The monoisotopic (exact) mass is 703 g/mol. The molecule has 11 nitrogen and oxygen atoms in total. The van der Waals surface area contributed by atoms with E-state index in [1.165, 1.54) is 64.1 Å². The number of hydrogen-bond donors (Lipinski definition) is 3. The largest absolute Gasteiger partial charge is 0.431 e. The number of fused-ring (bicyclic) bond motifs is 1. The number of amides is 1. The number of hydrogen-bond acceptors (Lipinski definition) is 8. The molecule has 0 aliphatic carbocycles. The minimum absolute atomic E-state index is 0.00948. The Hall–Kier alpha value is -2.98. The van der Waals surface area contributed by atoms with Gasteiger partial charge in [0, 0.05) is 24.5 Å². The van der Waals surface area contributed by atoms with E-state index in [0.717, 1.165) is 25.7 Å².